The lowest BCUT2D eigenvalue weighted by atomic mass is 10.1. The molecule has 0 amide bonds. The van der Waals surface area contributed by atoms with Gasteiger partial charge in [0.05, 0.1) is 18.1 Å². The zero-order valence-corrected chi connectivity index (χ0v) is 16.9. The predicted octanol–water partition coefficient (Wildman–Crippen LogP) is 6.00. The molecule has 0 heterocycles. The molecule has 0 aliphatic carbocycles. The number of unbranched alkanes of at least 4 members (excludes halogenated alkanes) is 8. The van der Waals surface area contributed by atoms with Crippen LogP contribution >= 0.6 is 0 Å². The van der Waals surface area contributed by atoms with Gasteiger partial charge in [0, 0.05) is 0 Å². The predicted molar refractivity (Wildman–Crippen MR) is 107 cm³/mol. The Kier molecular flexibility index (Phi) is 12.9. The van der Waals surface area contributed by atoms with Crippen molar-refractivity contribution in [1.82, 2.24) is 0 Å². The lowest BCUT2D eigenvalue weighted by Gasteiger charge is -2.16. The Morgan fingerprint density at radius 3 is 1.93 bits per heavy atom. The van der Waals surface area contributed by atoms with Crippen LogP contribution in [0.15, 0.2) is 18.2 Å². The van der Waals surface area contributed by atoms with Crippen molar-refractivity contribution in [3.63, 3.8) is 0 Å². The van der Waals surface area contributed by atoms with Crippen molar-refractivity contribution >= 4 is 0 Å². The summed E-state index contributed by atoms with van der Waals surface area (Å²) in [6.07, 6.45) is 11.5. The van der Waals surface area contributed by atoms with Gasteiger partial charge in [-0.05, 0) is 25.0 Å². The molecule has 1 aromatic rings. The Morgan fingerprint density at radius 1 is 0.778 bits per heavy atom. The molecule has 154 valence electrons. The summed E-state index contributed by atoms with van der Waals surface area (Å²) in [7, 11) is 0. The molecule has 0 radical (unpaired) electrons. The van der Waals surface area contributed by atoms with Crippen LogP contribution in [-0.2, 0) is 0 Å². The molecule has 0 aromatic heterocycles. The van der Waals surface area contributed by atoms with E-state index in [1.807, 2.05) is 6.07 Å². The molecule has 1 aromatic carbocycles. The monoisotopic (exact) mass is 381 g/mol. The first kappa shape index (κ1) is 23.1. The minimum absolute atomic E-state index is 0.364. The Labute approximate surface area is 163 Å². The van der Waals surface area contributed by atoms with E-state index in [1.54, 1.807) is 12.1 Å². The first-order chi connectivity index (χ1) is 13.2. The molecule has 1 rings (SSSR count). The third-order valence-electron chi connectivity index (χ3n) is 4.27. The van der Waals surface area contributed by atoms with Crippen LogP contribution in [0.1, 0.15) is 78.1 Å². The number of hydrogen-bond donors (Lipinski definition) is 0. The number of rotatable bonds is 17. The van der Waals surface area contributed by atoms with E-state index in [-0.39, 0.29) is 0 Å². The Balaban J connectivity index is 2.58. The van der Waals surface area contributed by atoms with Crippen molar-refractivity contribution in [3.05, 3.63) is 28.3 Å². The van der Waals surface area contributed by atoms with Crippen molar-refractivity contribution in [3.8, 4) is 17.2 Å². The smallest absolute Gasteiger partial charge is 0.344 e. The van der Waals surface area contributed by atoms with Crippen molar-refractivity contribution in [1.29, 1.82) is 0 Å². The van der Waals surface area contributed by atoms with Crippen LogP contribution in [0.2, 0.25) is 0 Å². The largest absolute Gasteiger partial charge is 0.490 e. The van der Waals surface area contributed by atoms with Crippen LogP contribution in [0.5, 0.6) is 17.2 Å². The van der Waals surface area contributed by atoms with E-state index in [0.29, 0.717) is 30.5 Å². The number of nitrogens with zero attached hydrogens (tertiary/aromatic N) is 1. The number of para-hydroxylation sites is 1. The minimum atomic E-state index is -0.590. The van der Waals surface area contributed by atoms with Crippen LogP contribution < -0.4 is 14.2 Å². The maximum atomic E-state index is 10.6. The standard InChI is InChI=1S/C21H35NO5/c1-3-5-7-9-10-12-16-25-19-14-13-15-20(27-18-22(23)24)21(19)26-17-11-8-6-4-2/h13-15H,3-12,16-18H2,1-2H3. The highest BCUT2D eigenvalue weighted by Crippen LogP contribution is 2.37. The quantitative estimate of drug-likeness (QED) is 0.143. The van der Waals surface area contributed by atoms with Gasteiger partial charge in [0.1, 0.15) is 0 Å². The summed E-state index contributed by atoms with van der Waals surface area (Å²) in [5.74, 6) is 1.43. The van der Waals surface area contributed by atoms with Gasteiger partial charge in [0.2, 0.25) is 5.75 Å². The molecule has 0 unspecified atom stereocenters. The van der Waals surface area contributed by atoms with Gasteiger partial charge >= 0.3 is 6.73 Å². The van der Waals surface area contributed by atoms with Crippen LogP contribution in [0.3, 0.4) is 0 Å². The maximum Gasteiger partial charge on any atom is 0.344 e. The number of ether oxygens (including phenoxy) is 3. The zero-order chi connectivity index (χ0) is 19.7. The first-order valence-electron chi connectivity index (χ1n) is 10.3. The summed E-state index contributed by atoms with van der Waals surface area (Å²) in [5, 5.41) is 10.6. The Bertz CT molecular complexity index is 521. The molecule has 0 spiro atoms. The number of hydrogen-bond acceptors (Lipinski definition) is 5. The van der Waals surface area contributed by atoms with Crippen molar-refractivity contribution in [2.75, 3.05) is 19.9 Å². The van der Waals surface area contributed by atoms with E-state index in [4.69, 9.17) is 14.2 Å². The van der Waals surface area contributed by atoms with Crippen LogP contribution in [-0.4, -0.2) is 24.9 Å². The van der Waals surface area contributed by atoms with Gasteiger partial charge in [-0.2, -0.15) is 0 Å². The van der Waals surface area contributed by atoms with Crippen LogP contribution in [0.4, 0.5) is 0 Å². The second-order valence-electron chi connectivity index (χ2n) is 6.71. The summed E-state index contributed by atoms with van der Waals surface area (Å²) in [4.78, 5) is 10.1. The molecule has 27 heavy (non-hydrogen) atoms. The SMILES string of the molecule is CCCCCCCCOc1cccc(OC[N+](=O)[O-])c1OCCCCCC. The fraction of sp³-hybridized carbons (Fsp3) is 0.714. The molecule has 0 saturated carbocycles. The van der Waals surface area contributed by atoms with Gasteiger partial charge in [0.15, 0.2) is 11.5 Å². The first-order valence-corrected chi connectivity index (χ1v) is 10.3. The molecule has 0 atom stereocenters. The van der Waals surface area contributed by atoms with E-state index in [0.717, 1.165) is 32.1 Å². The average Bonchev–Trinajstić information content (AvgIpc) is 2.66. The summed E-state index contributed by atoms with van der Waals surface area (Å²) < 4.78 is 17.1. The van der Waals surface area contributed by atoms with Gasteiger partial charge in [-0.25, -0.2) is 0 Å². The van der Waals surface area contributed by atoms with E-state index < -0.39 is 11.7 Å². The molecule has 0 aliphatic rings. The number of benzene rings is 1. The highest BCUT2D eigenvalue weighted by atomic mass is 16.7. The highest BCUT2D eigenvalue weighted by molar-refractivity contribution is 5.51. The van der Waals surface area contributed by atoms with E-state index in [1.165, 1.54) is 32.1 Å². The van der Waals surface area contributed by atoms with E-state index in [9.17, 15) is 10.1 Å². The normalized spacial score (nSPS) is 10.6. The number of nitro groups is 1. The minimum Gasteiger partial charge on any atom is -0.490 e. The maximum absolute atomic E-state index is 10.6. The second kappa shape index (κ2) is 15.1. The summed E-state index contributed by atoms with van der Waals surface area (Å²) in [6, 6.07) is 5.29. The molecule has 0 fully saturated rings. The molecule has 0 bridgehead atoms. The van der Waals surface area contributed by atoms with Gasteiger partial charge in [-0.15, -0.1) is 0 Å². The lowest BCUT2D eigenvalue weighted by molar-refractivity contribution is -0.514. The zero-order valence-electron chi connectivity index (χ0n) is 16.9. The Morgan fingerprint density at radius 2 is 1.30 bits per heavy atom. The van der Waals surface area contributed by atoms with Gasteiger partial charge < -0.3 is 14.2 Å². The van der Waals surface area contributed by atoms with Gasteiger partial charge in [-0.1, -0.05) is 71.3 Å². The summed E-state index contributed by atoms with van der Waals surface area (Å²) >= 11 is 0. The fourth-order valence-electron chi connectivity index (χ4n) is 2.76. The molecular formula is C21H35NO5. The van der Waals surface area contributed by atoms with Crippen LogP contribution in [0, 0.1) is 10.1 Å². The van der Waals surface area contributed by atoms with E-state index >= 15 is 0 Å². The average molecular weight is 382 g/mol. The van der Waals surface area contributed by atoms with Gasteiger partial charge in [0.25, 0.3) is 0 Å². The van der Waals surface area contributed by atoms with Crippen molar-refractivity contribution < 1.29 is 19.1 Å². The summed E-state index contributed by atoms with van der Waals surface area (Å²) in [5.41, 5.74) is 0. The van der Waals surface area contributed by atoms with Crippen molar-refractivity contribution in [2.45, 2.75) is 78.1 Å². The topological polar surface area (TPSA) is 70.8 Å². The summed E-state index contributed by atoms with van der Waals surface area (Å²) in [6.45, 7) is 4.94. The lowest BCUT2D eigenvalue weighted by Crippen LogP contribution is -2.10. The molecule has 0 aliphatic heterocycles. The second-order valence-corrected chi connectivity index (χ2v) is 6.71. The van der Waals surface area contributed by atoms with Gasteiger partial charge in [-0.3, -0.25) is 10.1 Å². The highest BCUT2D eigenvalue weighted by Gasteiger charge is 2.14. The third kappa shape index (κ3) is 10.7. The molecule has 0 saturated heterocycles. The molecule has 6 heteroatoms. The fourth-order valence-corrected chi connectivity index (χ4v) is 2.76. The molecular weight excluding hydrogens is 346 g/mol. The third-order valence-corrected chi connectivity index (χ3v) is 4.27. The van der Waals surface area contributed by atoms with E-state index in [2.05, 4.69) is 13.8 Å². The molecule has 0 N–H and O–H groups in total. The van der Waals surface area contributed by atoms with Crippen molar-refractivity contribution in [2.24, 2.45) is 0 Å². The Hall–Kier alpha value is -1.98. The van der Waals surface area contributed by atoms with Crippen LogP contribution in [0.25, 0.3) is 0 Å². The molecule has 6 nitrogen and oxygen atoms in total.